The average molecular weight is 481 g/mol. The first-order valence-electron chi connectivity index (χ1n) is 12.3. The number of hydrogen-bond donors (Lipinski definition) is 1. The Balaban J connectivity index is 1.59. The summed E-state index contributed by atoms with van der Waals surface area (Å²) >= 11 is 0. The normalized spacial score (nSPS) is 12.4. The van der Waals surface area contributed by atoms with Gasteiger partial charge in [-0.3, -0.25) is 4.98 Å². The summed E-state index contributed by atoms with van der Waals surface area (Å²) in [7, 11) is 3.39. The van der Waals surface area contributed by atoms with Crippen LogP contribution in [0.15, 0.2) is 103 Å². The molecule has 0 fully saturated rings. The van der Waals surface area contributed by atoms with Crippen LogP contribution in [-0.4, -0.2) is 19.2 Å². The smallest absolute Gasteiger partial charge is 0.185 e. The summed E-state index contributed by atoms with van der Waals surface area (Å²) in [6.45, 7) is 0. The van der Waals surface area contributed by atoms with Gasteiger partial charge in [0.25, 0.3) is 0 Å². The van der Waals surface area contributed by atoms with E-state index in [2.05, 4.69) is 96.3 Å². The second-order valence-electron chi connectivity index (χ2n) is 9.15. The highest BCUT2D eigenvalue weighted by atomic mass is 16.5. The van der Waals surface area contributed by atoms with Crippen molar-refractivity contribution in [3.05, 3.63) is 115 Å². The molecule has 0 atom stereocenters. The number of methoxy groups -OCH3 is 2. The third kappa shape index (κ3) is 3.12. The minimum atomic E-state index is 0.667. The molecule has 1 N–H and O–H groups in total. The lowest BCUT2D eigenvalue weighted by Gasteiger charge is -2.26. The van der Waals surface area contributed by atoms with E-state index in [-0.39, 0.29) is 0 Å². The maximum Gasteiger partial charge on any atom is 0.185 e. The second kappa shape index (κ2) is 8.38. The van der Waals surface area contributed by atoms with Gasteiger partial charge in [-0.15, -0.1) is 0 Å². The molecular formula is C33H24N2O2. The van der Waals surface area contributed by atoms with Crippen LogP contribution in [0.5, 0.6) is 11.5 Å². The van der Waals surface area contributed by atoms with Gasteiger partial charge in [0.1, 0.15) is 0 Å². The van der Waals surface area contributed by atoms with Crippen LogP contribution in [0.2, 0.25) is 0 Å². The number of pyridine rings is 1. The van der Waals surface area contributed by atoms with Crippen LogP contribution >= 0.6 is 0 Å². The van der Waals surface area contributed by atoms with Crippen molar-refractivity contribution in [1.82, 2.24) is 4.98 Å². The quantitative estimate of drug-likeness (QED) is 0.277. The Hall–Kier alpha value is -4.83. The first-order chi connectivity index (χ1) is 18.3. The van der Waals surface area contributed by atoms with E-state index in [1.807, 2.05) is 12.4 Å². The van der Waals surface area contributed by atoms with Gasteiger partial charge in [-0.05, 0) is 44.1 Å². The lowest BCUT2D eigenvalue weighted by molar-refractivity contribution is 0.358. The fourth-order valence-corrected chi connectivity index (χ4v) is 5.71. The summed E-state index contributed by atoms with van der Waals surface area (Å²) in [5, 5.41) is 10.3. The molecule has 4 heteroatoms. The number of anilines is 1. The zero-order valence-corrected chi connectivity index (χ0v) is 20.6. The van der Waals surface area contributed by atoms with Crippen LogP contribution < -0.4 is 14.8 Å². The molecule has 1 aliphatic heterocycles. The van der Waals surface area contributed by atoms with E-state index in [9.17, 15) is 0 Å². The zero-order chi connectivity index (χ0) is 24.9. The third-order valence-electron chi connectivity index (χ3n) is 7.29. The van der Waals surface area contributed by atoms with Crippen LogP contribution in [-0.2, 0) is 0 Å². The maximum absolute atomic E-state index is 6.05. The molecular weight excluding hydrogens is 456 g/mol. The predicted octanol–water partition coefficient (Wildman–Crippen LogP) is 8.04. The van der Waals surface area contributed by atoms with Crippen molar-refractivity contribution < 1.29 is 9.47 Å². The van der Waals surface area contributed by atoms with Crippen molar-refractivity contribution in [2.75, 3.05) is 19.5 Å². The average Bonchev–Trinajstić information content (AvgIpc) is 2.96. The summed E-state index contributed by atoms with van der Waals surface area (Å²) in [6.07, 6.45) is 3.93. The summed E-state index contributed by atoms with van der Waals surface area (Å²) in [4.78, 5) is 4.93. The topological polar surface area (TPSA) is 43.4 Å². The molecule has 1 aliphatic rings. The monoisotopic (exact) mass is 480 g/mol. The highest BCUT2D eigenvalue weighted by molar-refractivity contribution is 6.18. The molecule has 37 heavy (non-hydrogen) atoms. The van der Waals surface area contributed by atoms with Gasteiger partial charge in [-0.2, -0.15) is 0 Å². The highest BCUT2D eigenvalue weighted by Gasteiger charge is 2.28. The van der Waals surface area contributed by atoms with Gasteiger partial charge in [0.2, 0.25) is 0 Å². The van der Waals surface area contributed by atoms with Crippen LogP contribution in [0.1, 0.15) is 11.3 Å². The molecule has 4 nitrogen and oxygen atoms in total. The van der Waals surface area contributed by atoms with Crippen molar-refractivity contribution in [3.63, 3.8) is 0 Å². The van der Waals surface area contributed by atoms with E-state index < -0.39 is 0 Å². The maximum atomic E-state index is 6.05. The van der Waals surface area contributed by atoms with Gasteiger partial charge in [0, 0.05) is 28.9 Å². The molecule has 0 radical (unpaired) electrons. The first-order valence-corrected chi connectivity index (χ1v) is 12.3. The summed E-state index contributed by atoms with van der Waals surface area (Å²) in [5.74, 6) is 1.37. The van der Waals surface area contributed by atoms with E-state index >= 15 is 0 Å². The zero-order valence-electron chi connectivity index (χ0n) is 20.6. The fraction of sp³-hybridized carbons (Fsp3) is 0.0606. The van der Waals surface area contributed by atoms with Crippen LogP contribution in [0.4, 0.5) is 5.69 Å². The predicted molar refractivity (Wildman–Crippen MR) is 152 cm³/mol. The number of benzene rings is 5. The molecule has 0 saturated carbocycles. The first kappa shape index (κ1) is 21.5. The molecule has 0 aliphatic carbocycles. The summed E-state index contributed by atoms with van der Waals surface area (Å²) in [5.41, 5.74) is 6.07. The van der Waals surface area contributed by atoms with Crippen molar-refractivity contribution in [2.24, 2.45) is 0 Å². The van der Waals surface area contributed by atoms with Gasteiger partial charge in [0.05, 0.1) is 25.6 Å². The Kier molecular flexibility index (Phi) is 4.86. The van der Waals surface area contributed by atoms with Gasteiger partial charge in [0.15, 0.2) is 11.5 Å². The lowest BCUT2D eigenvalue weighted by atomic mass is 9.87. The molecule has 178 valence electrons. The van der Waals surface area contributed by atoms with Crippen molar-refractivity contribution in [3.8, 4) is 22.6 Å². The number of nitrogens with zero attached hydrogens (tertiary/aromatic N) is 1. The Morgan fingerprint density at radius 1 is 0.622 bits per heavy atom. The van der Waals surface area contributed by atoms with Crippen molar-refractivity contribution in [2.45, 2.75) is 0 Å². The summed E-state index contributed by atoms with van der Waals surface area (Å²) < 4.78 is 12.0. The molecule has 7 rings (SSSR count). The number of nitrogens with one attached hydrogen (secondary N) is 1. The van der Waals surface area contributed by atoms with Crippen molar-refractivity contribution in [1.29, 1.82) is 0 Å². The number of hydrogen-bond acceptors (Lipinski definition) is 4. The van der Waals surface area contributed by atoms with Crippen LogP contribution in [0.3, 0.4) is 0 Å². The molecule has 0 unspecified atom stereocenters. The van der Waals surface area contributed by atoms with Gasteiger partial charge < -0.3 is 14.8 Å². The van der Waals surface area contributed by atoms with E-state index in [0.29, 0.717) is 11.5 Å². The minimum Gasteiger partial charge on any atom is -0.492 e. The van der Waals surface area contributed by atoms with Gasteiger partial charge >= 0.3 is 0 Å². The number of aromatic nitrogens is 1. The molecule has 2 heterocycles. The minimum absolute atomic E-state index is 0.667. The molecule has 6 aromatic rings. The molecule has 1 aromatic heterocycles. The van der Waals surface area contributed by atoms with E-state index in [0.717, 1.165) is 49.8 Å². The Labute approximate surface area is 214 Å². The number of rotatable bonds is 4. The third-order valence-corrected chi connectivity index (χ3v) is 7.29. The number of fused-ring (bicyclic) bond motifs is 2. The molecule has 0 saturated heterocycles. The molecule has 5 aromatic carbocycles. The van der Waals surface area contributed by atoms with E-state index in [1.165, 1.54) is 16.2 Å². The standard InChI is InChI=1S/C33H24N2O2/c1-36-32-28(25-16-8-12-21-10-4-6-14-23(21)25)26-17-18-34-30-27(19-35-31(29(26)30)33(32)37-2)24-15-7-11-20-9-3-5-13-22(20)24/h3-19,35H,1-2H3. The number of ether oxygens (including phenoxy) is 2. The molecule has 0 amide bonds. The van der Waals surface area contributed by atoms with Crippen LogP contribution in [0.25, 0.3) is 49.0 Å². The van der Waals surface area contributed by atoms with Gasteiger partial charge in [-0.1, -0.05) is 84.9 Å². The van der Waals surface area contributed by atoms with Gasteiger partial charge in [-0.25, -0.2) is 0 Å². The highest BCUT2D eigenvalue weighted by Crippen LogP contribution is 2.53. The molecule has 0 bridgehead atoms. The Morgan fingerprint density at radius 3 is 1.95 bits per heavy atom. The summed E-state index contributed by atoms with van der Waals surface area (Å²) in [6, 6.07) is 31.8. The fourth-order valence-electron chi connectivity index (χ4n) is 5.71. The van der Waals surface area contributed by atoms with Crippen molar-refractivity contribution >= 4 is 43.6 Å². The van der Waals surface area contributed by atoms with Crippen LogP contribution in [0, 0.1) is 0 Å². The van der Waals surface area contributed by atoms with E-state index in [4.69, 9.17) is 14.5 Å². The second-order valence-corrected chi connectivity index (χ2v) is 9.15. The Morgan fingerprint density at radius 2 is 1.24 bits per heavy atom. The SMILES string of the molecule is COc1c(OC)c2c3c(nccc3c1-c1cccc3ccccc13)C(c1cccc3ccccc13)=CN2. The largest absolute Gasteiger partial charge is 0.492 e. The Bertz CT molecular complexity index is 1880. The molecule has 0 spiro atoms. The van der Waals surface area contributed by atoms with E-state index in [1.54, 1.807) is 14.2 Å². The lowest BCUT2D eigenvalue weighted by Crippen LogP contribution is -2.08.